The highest BCUT2D eigenvalue weighted by Crippen LogP contribution is 2.48. The molecule has 7 rings (SSSR count). The molecule has 10 nitrogen and oxygen atoms in total. The van der Waals surface area contributed by atoms with Gasteiger partial charge in [0.25, 0.3) is 5.92 Å². The minimum atomic E-state index is -5.15. The van der Waals surface area contributed by atoms with E-state index >= 15 is 4.39 Å². The van der Waals surface area contributed by atoms with Gasteiger partial charge in [0.2, 0.25) is 5.88 Å². The zero-order valence-electron chi connectivity index (χ0n) is 24.2. The number of nitrogen functional groups attached to an aromatic ring is 1. The Labute approximate surface area is 252 Å². The maximum atomic E-state index is 16.5. The van der Waals surface area contributed by atoms with Crippen molar-refractivity contribution in [1.82, 2.24) is 30.2 Å². The fourth-order valence-corrected chi connectivity index (χ4v) is 6.81. The molecule has 0 unspecified atom stereocenters. The van der Waals surface area contributed by atoms with Gasteiger partial charge in [0.15, 0.2) is 17.5 Å². The van der Waals surface area contributed by atoms with Crippen molar-refractivity contribution in [3.8, 4) is 23.3 Å². The number of nitrogens with zero attached hydrogens (tertiary/aromatic N) is 6. The molecule has 0 bridgehead atoms. The van der Waals surface area contributed by atoms with Crippen molar-refractivity contribution < 1.29 is 40.2 Å². The lowest BCUT2D eigenvalue weighted by atomic mass is 9.85. The van der Waals surface area contributed by atoms with Crippen LogP contribution in [0, 0.1) is 11.6 Å². The van der Waals surface area contributed by atoms with E-state index in [1.165, 1.54) is 0 Å². The highest BCUT2D eigenvalue weighted by Gasteiger charge is 2.60. The van der Waals surface area contributed by atoms with Crippen LogP contribution < -0.4 is 25.4 Å². The molecule has 3 aromatic heterocycles. The highest BCUT2D eigenvalue weighted by molar-refractivity contribution is 5.97. The third kappa shape index (κ3) is 4.85. The molecule has 3 N–H and O–H groups in total. The number of halogens is 7. The number of ether oxygens (including phenoxy) is 2. The summed E-state index contributed by atoms with van der Waals surface area (Å²) in [6.45, 7) is 4.44. The molecule has 242 valence electrons. The second-order valence-corrected chi connectivity index (χ2v) is 12.2. The van der Waals surface area contributed by atoms with Crippen molar-refractivity contribution in [2.75, 3.05) is 43.4 Å². The molecule has 3 aromatic rings. The molecule has 0 amide bonds. The van der Waals surface area contributed by atoms with Crippen molar-refractivity contribution in [2.45, 2.75) is 68.9 Å². The largest absolute Gasteiger partial charge is 0.472 e. The van der Waals surface area contributed by atoms with Gasteiger partial charge in [0.05, 0.1) is 23.7 Å². The highest BCUT2D eigenvalue weighted by atomic mass is 19.4. The lowest BCUT2D eigenvalue weighted by Gasteiger charge is -2.46. The molecule has 0 spiro atoms. The predicted octanol–water partition coefficient (Wildman–Crippen LogP) is 4.17. The van der Waals surface area contributed by atoms with Crippen molar-refractivity contribution in [3.05, 3.63) is 23.3 Å². The molecule has 17 heteroatoms. The van der Waals surface area contributed by atoms with E-state index in [1.54, 1.807) is 11.8 Å². The van der Waals surface area contributed by atoms with E-state index in [0.717, 1.165) is 6.42 Å². The third-order valence-electron chi connectivity index (χ3n) is 9.28. The van der Waals surface area contributed by atoms with Crippen LogP contribution in [0.4, 0.5) is 42.4 Å². The molecule has 0 aromatic carbocycles. The van der Waals surface area contributed by atoms with E-state index in [9.17, 15) is 26.3 Å². The molecule has 0 radical (unpaired) electrons. The monoisotopic (exact) mass is 642 g/mol. The minimum absolute atomic E-state index is 0.00539. The summed E-state index contributed by atoms with van der Waals surface area (Å²) in [4.78, 5) is 20.0. The molecule has 45 heavy (non-hydrogen) atoms. The van der Waals surface area contributed by atoms with Gasteiger partial charge in [-0.2, -0.15) is 23.1 Å². The summed E-state index contributed by atoms with van der Waals surface area (Å²) < 4.78 is 113. The molecule has 4 aliphatic rings. The maximum Gasteiger partial charge on any atom is 0.418 e. The minimum Gasteiger partial charge on any atom is -0.472 e. The number of hydrogen-bond donors (Lipinski definition) is 2. The topological polar surface area (TPSA) is 115 Å². The first-order valence-electron chi connectivity index (χ1n) is 14.6. The first-order valence-corrected chi connectivity index (χ1v) is 14.6. The number of piperazine rings is 1. The van der Waals surface area contributed by atoms with Crippen molar-refractivity contribution in [2.24, 2.45) is 0 Å². The Morgan fingerprint density at radius 2 is 1.93 bits per heavy atom. The van der Waals surface area contributed by atoms with Gasteiger partial charge in [0, 0.05) is 32.1 Å². The van der Waals surface area contributed by atoms with E-state index < -0.39 is 76.6 Å². The van der Waals surface area contributed by atoms with Gasteiger partial charge in [-0.05, 0) is 25.8 Å². The second kappa shape index (κ2) is 10.1. The van der Waals surface area contributed by atoms with E-state index in [4.69, 9.17) is 15.2 Å². The summed E-state index contributed by atoms with van der Waals surface area (Å²) in [5.41, 5.74) is 0.524. The first kappa shape index (κ1) is 30.0. The van der Waals surface area contributed by atoms with Crippen molar-refractivity contribution in [1.29, 1.82) is 0 Å². The van der Waals surface area contributed by atoms with Gasteiger partial charge in [-0.15, -0.1) is 0 Å². The van der Waals surface area contributed by atoms with Crippen LogP contribution in [0.2, 0.25) is 0 Å². The maximum absolute atomic E-state index is 16.5. The number of nitrogens with two attached hydrogens (primary N) is 1. The predicted molar refractivity (Wildman–Crippen MR) is 147 cm³/mol. The van der Waals surface area contributed by atoms with Crippen LogP contribution in [-0.4, -0.2) is 87.3 Å². The van der Waals surface area contributed by atoms with Gasteiger partial charge in [-0.3, -0.25) is 4.90 Å². The van der Waals surface area contributed by atoms with Crippen molar-refractivity contribution in [3.63, 3.8) is 0 Å². The van der Waals surface area contributed by atoms with E-state index in [1.807, 2.05) is 11.8 Å². The number of hydrogen-bond acceptors (Lipinski definition) is 10. The van der Waals surface area contributed by atoms with Crippen LogP contribution in [0.3, 0.4) is 0 Å². The molecule has 0 aliphatic carbocycles. The summed E-state index contributed by atoms with van der Waals surface area (Å²) in [6, 6.07) is -0.565. The van der Waals surface area contributed by atoms with E-state index in [2.05, 4.69) is 25.3 Å². The lowest BCUT2D eigenvalue weighted by Crippen LogP contribution is -2.60. The first-order chi connectivity index (χ1) is 21.2. The average molecular weight is 643 g/mol. The van der Waals surface area contributed by atoms with Gasteiger partial charge in [-0.25, -0.2) is 27.5 Å². The van der Waals surface area contributed by atoms with E-state index in [0.29, 0.717) is 26.1 Å². The molecule has 3 saturated heterocycles. The van der Waals surface area contributed by atoms with E-state index in [-0.39, 0.29) is 47.9 Å². The summed E-state index contributed by atoms with van der Waals surface area (Å²) in [5.74, 6) is -6.62. The third-order valence-corrected chi connectivity index (χ3v) is 9.28. The smallest absolute Gasteiger partial charge is 0.418 e. The Morgan fingerprint density at radius 3 is 2.60 bits per heavy atom. The number of aromatic nitrogens is 4. The standard InChI is InChI=1S/C28H29F7N8O2/c1-3-13-8-43-16(7-37-13)12(2)45-24-17-20(18(30)21(39-24)19-14(28(33,34)35)6-15(29)22(36)38-19)40-25(41-23(17)43)44-11-26-4-5-42(26)10-27(31,32)9-26/h6,12-13,16,37H,3-5,7-11H2,1-2H3,(H2,36,38)/t12-,13+,16-,26+/m0/s1. The average Bonchev–Trinajstić information content (AvgIpc) is 3.08. The zero-order valence-corrected chi connectivity index (χ0v) is 24.2. The molecule has 3 fully saturated rings. The van der Waals surface area contributed by atoms with Gasteiger partial charge in [0.1, 0.15) is 40.8 Å². The van der Waals surface area contributed by atoms with Gasteiger partial charge < -0.3 is 25.4 Å². The normalized spacial score (nSPS) is 27.4. The fraction of sp³-hybridized carbons (Fsp3) is 0.571. The Morgan fingerprint density at radius 1 is 1.16 bits per heavy atom. The number of rotatable bonds is 5. The summed E-state index contributed by atoms with van der Waals surface area (Å²) in [7, 11) is 0. The number of fused-ring (bicyclic) bond motifs is 3. The fourth-order valence-electron chi connectivity index (χ4n) is 6.81. The Kier molecular flexibility index (Phi) is 6.75. The number of anilines is 2. The SMILES string of the molecule is CC[C@@H]1CN2c3nc(OC[C@]45CCN4CC(F)(F)C5)nc4c(F)c(-c5nc(N)c(F)cc5C(F)(F)F)nc(c34)O[C@@H](C)[C@@H]2CN1. The summed E-state index contributed by atoms with van der Waals surface area (Å²) in [6.07, 6.45) is -4.98. The van der Waals surface area contributed by atoms with Crippen LogP contribution in [0.15, 0.2) is 6.07 Å². The number of pyridine rings is 2. The summed E-state index contributed by atoms with van der Waals surface area (Å²) >= 11 is 0. The van der Waals surface area contributed by atoms with Gasteiger partial charge >= 0.3 is 12.2 Å². The lowest BCUT2D eigenvalue weighted by molar-refractivity contribution is -0.137. The zero-order chi connectivity index (χ0) is 32.1. The molecule has 4 atom stereocenters. The van der Waals surface area contributed by atoms with Crippen LogP contribution in [0.5, 0.6) is 11.9 Å². The van der Waals surface area contributed by atoms with Crippen LogP contribution in [0.1, 0.15) is 38.7 Å². The van der Waals surface area contributed by atoms with Crippen LogP contribution >= 0.6 is 0 Å². The molecule has 0 saturated carbocycles. The van der Waals surface area contributed by atoms with Crippen molar-refractivity contribution >= 4 is 22.5 Å². The Balaban J connectivity index is 1.41. The summed E-state index contributed by atoms with van der Waals surface area (Å²) in [5, 5.41) is 3.41. The number of alkyl halides is 5. The van der Waals surface area contributed by atoms with Crippen LogP contribution in [-0.2, 0) is 6.18 Å². The van der Waals surface area contributed by atoms with Gasteiger partial charge in [-0.1, -0.05) is 6.92 Å². The Bertz CT molecular complexity index is 1690. The quantitative estimate of drug-likeness (QED) is 0.394. The second-order valence-electron chi connectivity index (χ2n) is 12.2. The molecule has 7 heterocycles. The number of nitrogens with one attached hydrogen (secondary N) is 1. The molecular formula is C28H29F7N8O2. The molecular weight excluding hydrogens is 613 g/mol. The van der Waals surface area contributed by atoms with Crippen LogP contribution in [0.25, 0.3) is 22.3 Å². The Hall–Kier alpha value is -3.73. The molecule has 4 aliphatic heterocycles.